The first-order chi connectivity index (χ1) is 22.1. The number of aromatic nitrogens is 1. The molecule has 0 atom stereocenters. The van der Waals surface area contributed by atoms with Crippen LogP contribution < -0.4 is 26.0 Å². The minimum atomic E-state index is -2.35. The number of halogens is 1. The summed E-state index contributed by atoms with van der Waals surface area (Å²) in [6, 6.07) is 44.2. The number of rotatable bonds is 12. The first-order valence-corrected chi connectivity index (χ1v) is 17.9. The molecule has 0 radical (unpaired) electrons. The van der Waals surface area contributed by atoms with E-state index in [-0.39, 0.29) is 18.3 Å². The predicted octanol–water partition coefficient (Wildman–Crippen LogP) is 7.27. The Morgan fingerprint density at radius 1 is 0.756 bits per heavy atom. The van der Waals surface area contributed by atoms with Gasteiger partial charge in [0.15, 0.2) is 11.7 Å². The van der Waals surface area contributed by atoms with Crippen molar-refractivity contribution in [1.29, 1.82) is 0 Å². The Labute approximate surface area is 272 Å². The van der Waals surface area contributed by atoms with Gasteiger partial charge in [0, 0.05) is 11.4 Å². The van der Waals surface area contributed by atoms with E-state index < -0.39 is 7.26 Å². The molecule has 0 unspecified atom stereocenters. The van der Waals surface area contributed by atoms with E-state index in [1.54, 1.807) is 12.1 Å². The van der Waals surface area contributed by atoms with Gasteiger partial charge in [-0.25, -0.2) is 4.98 Å². The van der Waals surface area contributed by atoms with Gasteiger partial charge in [-0.3, -0.25) is 14.9 Å². The van der Waals surface area contributed by atoms with Gasteiger partial charge in [-0.1, -0.05) is 78.1 Å². The fourth-order valence-corrected chi connectivity index (χ4v) is 10.7. The molecule has 1 amide bonds. The molecule has 8 heteroatoms. The highest BCUT2D eigenvalue weighted by molar-refractivity contribution is 7.96. The number of hydrogen-bond donors (Lipinski definition) is 1. The third kappa shape index (κ3) is 6.84. The van der Waals surface area contributed by atoms with Crippen molar-refractivity contribution in [1.82, 2.24) is 4.98 Å². The third-order valence-corrected chi connectivity index (χ3v) is 13.1. The number of ether oxygens (including phenoxy) is 1. The zero-order valence-corrected chi connectivity index (χ0v) is 26.9. The number of fused-ring (bicyclic) bond motifs is 1. The molecule has 0 bridgehead atoms. The van der Waals surface area contributed by atoms with E-state index >= 15 is 0 Å². The Bertz CT molecular complexity index is 1790. The van der Waals surface area contributed by atoms with Crippen LogP contribution in [0.15, 0.2) is 133 Å². The second-order valence-corrected chi connectivity index (χ2v) is 15.4. The normalized spacial score (nSPS) is 11.3. The minimum Gasteiger partial charge on any atom is -0.483 e. The summed E-state index contributed by atoms with van der Waals surface area (Å²) in [6.45, 7) is -0.191. The topological polar surface area (TPSA) is 68.3 Å². The van der Waals surface area contributed by atoms with Crippen LogP contribution in [0.2, 0.25) is 0 Å². The molecule has 0 aliphatic heterocycles. The maximum Gasteiger partial charge on any atom is 0.264 e. The molecule has 0 fully saturated rings. The van der Waals surface area contributed by atoms with Crippen molar-refractivity contribution in [2.24, 2.45) is 0 Å². The average Bonchev–Trinajstić information content (AvgIpc) is 3.50. The summed E-state index contributed by atoms with van der Waals surface area (Å²) in [5, 5.41) is 6.79. The number of amides is 1. The van der Waals surface area contributed by atoms with Crippen molar-refractivity contribution in [3.8, 4) is 5.75 Å². The number of alkyl halides is 1. The second-order valence-electron chi connectivity index (χ2n) is 10.5. The zero-order valence-electron chi connectivity index (χ0n) is 24.4. The molecular weight excluding hydrogens is 619 g/mol. The lowest BCUT2D eigenvalue weighted by molar-refractivity contribution is -0.118. The fraction of sp³-hybridized carbons (Fsp3) is 0.108. The van der Waals surface area contributed by atoms with E-state index in [0.717, 1.165) is 31.7 Å². The molecule has 1 N–H and O–H groups in total. The molecule has 5 aromatic carbocycles. The van der Waals surface area contributed by atoms with E-state index in [1.807, 2.05) is 84.9 Å². The van der Waals surface area contributed by atoms with Crippen LogP contribution in [-0.4, -0.2) is 35.3 Å². The number of nitrogens with one attached hydrogen (secondary N) is 1. The largest absolute Gasteiger partial charge is 0.483 e. The van der Waals surface area contributed by atoms with Gasteiger partial charge in [0.05, 0.1) is 10.2 Å². The molecule has 1 aromatic heterocycles. The fourth-order valence-electron chi connectivity index (χ4n) is 5.49. The van der Waals surface area contributed by atoms with Crippen LogP contribution in [0.25, 0.3) is 10.2 Å². The smallest absolute Gasteiger partial charge is 0.264 e. The summed E-state index contributed by atoms with van der Waals surface area (Å²) in [5.41, 5.74) is 2.21. The molecule has 5 nitrogen and oxygen atoms in total. The maximum atomic E-state index is 14.3. The molecule has 0 saturated heterocycles. The van der Waals surface area contributed by atoms with Gasteiger partial charge in [-0.15, -0.1) is 11.6 Å². The number of ketones is 1. The monoisotopic (exact) mass is 649 g/mol. The highest BCUT2D eigenvalue weighted by Crippen LogP contribution is 2.55. The van der Waals surface area contributed by atoms with E-state index in [9.17, 15) is 9.59 Å². The number of carbonyl (C=O) groups is 2. The molecule has 6 aromatic rings. The Kier molecular flexibility index (Phi) is 9.66. The van der Waals surface area contributed by atoms with Gasteiger partial charge in [0.1, 0.15) is 35.1 Å². The van der Waals surface area contributed by atoms with Crippen molar-refractivity contribution in [2.45, 2.75) is 6.42 Å². The molecule has 6 rings (SSSR count). The predicted molar refractivity (Wildman–Crippen MR) is 189 cm³/mol. The summed E-state index contributed by atoms with van der Waals surface area (Å²) in [7, 11) is -2.35. The lowest BCUT2D eigenvalue weighted by atomic mass is 10.1. The van der Waals surface area contributed by atoms with Crippen LogP contribution in [-0.2, 0) is 11.2 Å². The number of anilines is 1. The standard InChI is InChI=1S/C37H30ClN2O3PS/c38-23-22-28-24-27(20-21-34(28)43-25-36(42)40-37-39-32-18-10-11-19-35(32)45-37)33(41)26-44(29-12-4-1-5-13-29,30-14-6-2-7-15-30)31-16-8-3-9-17-31/h1-21,24H,22-23,25-26H2/p+1. The first-order valence-electron chi connectivity index (χ1n) is 14.6. The van der Waals surface area contributed by atoms with E-state index in [0.29, 0.717) is 34.9 Å². The van der Waals surface area contributed by atoms with Crippen LogP contribution in [0.4, 0.5) is 5.13 Å². The molecule has 45 heavy (non-hydrogen) atoms. The number of benzene rings is 5. The van der Waals surface area contributed by atoms with Crippen molar-refractivity contribution in [3.63, 3.8) is 0 Å². The van der Waals surface area contributed by atoms with Gasteiger partial charge >= 0.3 is 0 Å². The summed E-state index contributed by atoms with van der Waals surface area (Å²) >= 11 is 7.59. The number of Topliss-reactive ketones (excluding diaryl/α,β-unsaturated/α-hetero) is 1. The number of para-hydroxylation sites is 1. The van der Waals surface area contributed by atoms with Crippen molar-refractivity contribution in [3.05, 3.63) is 145 Å². The van der Waals surface area contributed by atoms with Crippen molar-refractivity contribution >= 4 is 73.2 Å². The number of hydrogen-bond acceptors (Lipinski definition) is 5. The lowest BCUT2D eigenvalue weighted by Gasteiger charge is -2.27. The molecule has 1 heterocycles. The lowest BCUT2D eigenvalue weighted by Crippen LogP contribution is -2.35. The zero-order chi connectivity index (χ0) is 31.1. The van der Waals surface area contributed by atoms with E-state index in [2.05, 4.69) is 46.7 Å². The van der Waals surface area contributed by atoms with Gasteiger partial charge in [0.2, 0.25) is 5.78 Å². The van der Waals surface area contributed by atoms with Gasteiger partial charge in [-0.05, 0) is 78.7 Å². The number of thiazole rings is 1. The third-order valence-electron chi connectivity index (χ3n) is 7.62. The number of carbonyl (C=O) groups excluding carboxylic acids is 2. The van der Waals surface area contributed by atoms with Crippen LogP contribution in [0.5, 0.6) is 5.75 Å². The maximum absolute atomic E-state index is 14.3. The number of aryl methyl sites for hydroxylation is 1. The highest BCUT2D eigenvalue weighted by Gasteiger charge is 2.47. The average molecular weight is 650 g/mol. The van der Waals surface area contributed by atoms with Crippen LogP contribution in [0.3, 0.4) is 0 Å². The summed E-state index contributed by atoms with van der Waals surface area (Å²) in [5.74, 6) is 0.605. The minimum absolute atomic E-state index is 0.0378. The van der Waals surface area contributed by atoms with Gasteiger partial charge in [-0.2, -0.15) is 0 Å². The molecule has 224 valence electrons. The first kappa shape index (κ1) is 30.7. The second kappa shape index (κ2) is 14.2. The molecule has 0 aliphatic rings. The Balaban J connectivity index is 1.27. The summed E-state index contributed by atoms with van der Waals surface area (Å²) in [4.78, 5) is 31.5. The van der Waals surface area contributed by atoms with Crippen molar-refractivity contribution < 1.29 is 14.3 Å². The van der Waals surface area contributed by atoms with Crippen LogP contribution in [0, 0.1) is 0 Å². The van der Waals surface area contributed by atoms with Crippen LogP contribution in [0.1, 0.15) is 15.9 Å². The quantitative estimate of drug-likeness (QED) is 0.0860. The van der Waals surface area contributed by atoms with Crippen molar-refractivity contribution in [2.75, 3.05) is 24.0 Å². The Hall–Kier alpha value is -4.35. The van der Waals surface area contributed by atoms with Gasteiger partial charge < -0.3 is 4.74 Å². The Morgan fingerprint density at radius 2 is 1.33 bits per heavy atom. The highest BCUT2D eigenvalue weighted by atomic mass is 35.5. The van der Waals surface area contributed by atoms with Gasteiger partial charge in [0.25, 0.3) is 5.91 Å². The van der Waals surface area contributed by atoms with E-state index in [1.165, 1.54) is 11.3 Å². The number of nitrogens with zero attached hydrogens (tertiary/aromatic N) is 1. The Morgan fingerprint density at radius 3 is 1.91 bits per heavy atom. The van der Waals surface area contributed by atoms with Crippen LogP contribution >= 0.6 is 30.2 Å². The molecule has 0 spiro atoms. The molecular formula is C37H31ClN2O3PS+. The molecule has 0 saturated carbocycles. The summed E-state index contributed by atoms with van der Waals surface area (Å²) < 4.78 is 6.94. The van der Waals surface area contributed by atoms with E-state index in [4.69, 9.17) is 16.3 Å². The SMILES string of the molecule is O=C(COc1ccc(C(=O)C[P+](c2ccccc2)(c2ccccc2)c2ccccc2)cc1CCCl)Nc1nc2ccccc2s1. The summed E-state index contributed by atoms with van der Waals surface area (Å²) in [6.07, 6.45) is 0.823. The molecule has 0 aliphatic carbocycles.